The third-order valence-corrected chi connectivity index (χ3v) is 4.15. The fourth-order valence-corrected chi connectivity index (χ4v) is 3.04. The number of hydrogen-bond donors (Lipinski definition) is 2. The van der Waals surface area contributed by atoms with Gasteiger partial charge < -0.3 is 10.6 Å². The van der Waals surface area contributed by atoms with E-state index in [1.54, 1.807) is 6.20 Å². The summed E-state index contributed by atoms with van der Waals surface area (Å²) < 4.78 is 0. The molecule has 0 radical (unpaired) electrons. The van der Waals surface area contributed by atoms with Gasteiger partial charge >= 0.3 is 0 Å². The van der Waals surface area contributed by atoms with Gasteiger partial charge in [0.1, 0.15) is 0 Å². The van der Waals surface area contributed by atoms with Crippen molar-refractivity contribution in [2.45, 2.75) is 6.42 Å². The van der Waals surface area contributed by atoms with Crippen LogP contribution in [0.2, 0.25) is 0 Å². The van der Waals surface area contributed by atoms with Crippen molar-refractivity contribution < 1.29 is 0 Å². The Kier molecular flexibility index (Phi) is 4.43. The highest BCUT2D eigenvalue weighted by Crippen LogP contribution is 2.18. The number of aromatic nitrogens is 1. The van der Waals surface area contributed by atoms with Crippen LogP contribution in [-0.4, -0.2) is 16.6 Å². The van der Waals surface area contributed by atoms with Gasteiger partial charge in [-0.1, -0.05) is 42.5 Å². The lowest BCUT2D eigenvalue weighted by atomic mass is 10.0. The molecule has 0 saturated carbocycles. The van der Waals surface area contributed by atoms with E-state index in [2.05, 4.69) is 58.1 Å². The van der Waals surface area contributed by atoms with E-state index in [1.807, 2.05) is 5.38 Å². The number of thiazole rings is 1. The lowest BCUT2D eigenvalue weighted by Gasteiger charge is -2.10. The fraction of sp³-hybridized carbons (Fsp3) is 0.125. The van der Waals surface area contributed by atoms with Crippen LogP contribution in [-0.2, 0) is 6.42 Å². The quantitative estimate of drug-likeness (QED) is 0.718. The summed E-state index contributed by atoms with van der Waals surface area (Å²) in [4.78, 5) is 4.14. The largest absolute Gasteiger partial charge is 0.362 e. The molecule has 3 aromatic rings. The maximum Gasteiger partial charge on any atom is 0.188 e. The molecule has 2 N–H and O–H groups in total. The number of nitrogens with one attached hydrogen (secondary N) is 2. The molecule has 0 saturated heterocycles. The molecule has 0 fully saturated rings. The van der Waals surface area contributed by atoms with E-state index in [4.69, 9.17) is 12.2 Å². The van der Waals surface area contributed by atoms with Crippen molar-refractivity contribution in [3.8, 4) is 0 Å². The average Bonchev–Trinajstić information content (AvgIpc) is 3.00. The van der Waals surface area contributed by atoms with Gasteiger partial charge in [-0.2, -0.15) is 0 Å². The van der Waals surface area contributed by atoms with E-state index in [1.165, 1.54) is 27.7 Å². The minimum atomic E-state index is 0.616. The van der Waals surface area contributed by atoms with Crippen LogP contribution in [0.15, 0.2) is 54.0 Å². The molecular formula is C16H15N3S2. The van der Waals surface area contributed by atoms with Gasteiger partial charge in [-0.05, 0) is 35.0 Å². The van der Waals surface area contributed by atoms with Gasteiger partial charge in [0.15, 0.2) is 10.2 Å². The Morgan fingerprint density at radius 3 is 2.86 bits per heavy atom. The molecule has 0 amide bonds. The first-order chi connectivity index (χ1) is 10.3. The number of benzene rings is 2. The second-order valence-corrected chi connectivity index (χ2v) is 5.91. The van der Waals surface area contributed by atoms with E-state index in [9.17, 15) is 0 Å². The first-order valence-electron chi connectivity index (χ1n) is 6.74. The molecule has 0 bridgehead atoms. The standard InChI is InChI=1S/C16H15N3S2/c20-15(19-16-18-10-11-21-16)17-9-8-13-6-3-5-12-4-1-2-7-14(12)13/h1-7,10-11H,8-9H2,(H2,17,18,19,20). The molecule has 0 atom stereocenters. The summed E-state index contributed by atoms with van der Waals surface area (Å²) in [6.45, 7) is 0.797. The molecule has 2 aromatic carbocycles. The van der Waals surface area contributed by atoms with Gasteiger partial charge in [-0.15, -0.1) is 11.3 Å². The molecule has 1 aromatic heterocycles. The predicted octanol–water partition coefficient (Wildman–Crippen LogP) is 3.83. The number of anilines is 1. The number of rotatable bonds is 4. The maximum atomic E-state index is 5.26. The molecule has 21 heavy (non-hydrogen) atoms. The lowest BCUT2D eigenvalue weighted by molar-refractivity contribution is 0.878. The van der Waals surface area contributed by atoms with Crippen molar-refractivity contribution in [2.75, 3.05) is 11.9 Å². The molecule has 0 unspecified atom stereocenters. The molecule has 0 aliphatic rings. The van der Waals surface area contributed by atoms with Gasteiger partial charge in [-0.3, -0.25) is 0 Å². The zero-order chi connectivity index (χ0) is 14.5. The highest BCUT2D eigenvalue weighted by molar-refractivity contribution is 7.80. The summed E-state index contributed by atoms with van der Waals surface area (Å²) >= 11 is 6.79. The van der Waals surface area contributed by atoms with Crippen molar-refractivity contribution in [1.82, 2.24) is 10.3 Å². The summed E-state index contributed by atoms with van der Waals surface area (Å²) in [6.07, 6.45) is 2.69. The van der Waals surface area contributed by atoms with Crippen molar-refractivity contribution >= 4 is 44.6 Å². The fourth-order valence-electron chi connectivity index (χ4n) is 2.25. The Morgan fingerprint density at radius 1 is 1.14 bits per heavy atom. The third kappa shape index (κ3) is 3.56. The van der Waals surface area contributed by atoms with Crippen LogP contribution in [0, 0.1) is 0 Å². The van der Waals surface area contributed by atoms with Crippen molar-refractivity contribution in [2.24, 2.45) is 0 Å². The number of thiocarbonyl (C=S) groups is 1. The average molecular weight is 313 g/mol. The molecule has 5 heteroatoms. The van der Waals surface area contributed by atoms with Gasteiger partial charge in [0, 0.05) is 18.1 Å². The molecule has 106 valence electrons. The van der Waals surface area contributed by atoms with Gasteiger partial charge in [0.2, 0.25) is 0 Å². The molecule has 0 spiro atoms. The van der Waals surface area contributed by atoms with Crippen LogP contribution >= 0.6 is 23.6 Å². The highest BCUT2D eigenvalue weighted by Gasteiger charge is 2.02. The van der Waals surface area contributed by atoms with Crippen molar-refractivity contribution in [1.29, 1.82) is 0 Å². The Labute approximate surface area is 133 Å². The van der Waals surface area contributed by atoms with E-state index in [-0.39, 0.29) is 0 Å². The highest BCUT2D eigenvalue weighted by atomic mass is 32.1. The monoisotopic (exact) mass is 313 g/mol. The van der Waals surface area contributed by atoms with Gasteiger partial charge in [0.05, 0.1) is 0 Å². The minimum absolute atomic E-state index is 0.616. The number of fused-ring (bicyclic) bond motifs is 1. The minimum Gasteiger partial charge on any atom is -0.362 e. The summed E-state index contributed by atoms with van der Waals surface area (Å²) in [7, 11) is 0. The summed E-state index contributed by atoms with van der Waals surface area (Å²) in [5, 5.41) is 12.2. The van der Waals surface area contributed by atoms with Crippen molar-refractivity contribution in [3.63, 3.8) is 0 Å². The van der Waals surface area contributed by atoms with E-state index in [0.717, 1.165) is 18.1 Å². The summed E-state index contributed by atoms with van der Waals surface area (Å²) in [6, 6.07) is 14.9. The van der Waals surface area contributed by atoms with Crippen LogP contribution in [0.4, 0.5) is 5.13 Å². The molecule has 3 nitrogen and oxygen atoms in total. The normalized spacial score (nSPS) is 10.5. The van der Waals surface area contributed by atoms with E-state index >= 15 is 0 Å². The molecule has 0 aliphatic heterocycles. The second kappa shape index (κ2) is 6.65. The Bertz CT molecular complexity index is 733. The van der Waals surface area contributed by atoms with Crippen LogP contribution in [0.3, 0.4) is 0 Å². The lowest BCUT2D eigenvalue weighted by Crippen LogP contribution is -2.30. The summed E-state index contributed by atoms with van der Waals surface area (Å²) in [5.74, 6) is 0. The van der Waals surface area contributed by atoms with Gasteiger partial charge in [0.25, 0.3) is 0 Å². The Balaban J connectivity index is 1.58. The van der Waals surface area contributed by atoms with Crippen LogP contribution < -0.4 is 10.6 Å². The molecule has 1 heterocycles. The Hall–Kier alpha value is -1.98. The first-order valence-corrected chi connectivity index (χ1v) is 8.03. The molecular weight excluding hydrogens is 298 g/mol. The molecule has 3 rings (SSSR count). The zero-order valence-corrected chi connectivity index (χ0v) is 13.0. The smallest absolute Gasteiger partial charge is 0.188 e. The third-order valence-electron chi connectivity index (χ3n) is 3.21. The van der Waals surface area contributed by atoms with E-state index in [0.29, 0.717) is 5.11 Å². The summed E-state index contributed by atoms with van der Waals surface area (Å²) in [5.41, 5.74) is 1.33. The van der Waals surface area contributed by atoms with Crippen LogP contribution in [0.25, 0.3) is 10.8 Å². The second-order valence-electron chi connectivity index (χ2n) is 4.61. The SMILES string of the molecule is S=C(NCCc1cccc2ccccc12)Nc1nccs1. The first kappa shape index (κ1) is 14.0. The number of hydrogen-bond acceptors (Lipinski definition) is 3. The maximum absolute atomic E-state index is 5.26. The van der Waals surface area contributed by atoms with Crippen LogP contribution in [0.1, 0.15) is 5.56 Å². The van der Waals surface area contributed by atoms with Gasteiger partial charge in [-0.25, -0.2) is 4.98 Å². The van der Waals surface area contributed by atoms with Crippen molar-refractivity contribution in [3.05, 3.63) is 59.6 Å². The predicted molar refractivity (Wildman–Crippen MR) is 94.0 cm³/mol. The number of nitrogens with zero attached hydrogens (tertiary/aromatic N) is 1. The zero-order valence-electron chi connectivity index (χ0n) is 11.4. The molecule has 0 aliphatic carbocycles. The van der Waals surface area contributed by atoms with E-state index < -0.39 is 0 Å². The van der Waals surface area contributed by atoms with Crippen LogP contribution in [0.5, 0.6) is 0 Å². The topological polar surface area (TPSA) is 37.0 Å². The Morgan fingerprint density at radius 2 is 2.00 bits per heavy atom.